The molecule has 1 saturated carbocycles. The number of nitrogens with one attached hydrogen (secondary N) is 6. The molecule has 1 unspecified atom stereocenters. The van der Waals surface area contributed by atoms with Gasteiger partial charge in [-0.1, -0.05) is 59.0 Å². The van der Waals surface area contributed by atoms with E-state index < -0.39 is 43.1 Å². The van der Waals surface area contributed by atoms with E-state index in [9.17, 15) is 38.7 Å². The van der Waals surface area contributed by atoms with Crippen molar-refractivity contribution in [3.63, 3.8) is 0 Å². The Bertz CT molecular complexity index is 3200. The molecule has 6 amide bonds. The predicted molar refractivity (Wildman–Crippen MR) is 298 cm³/mol. The van der Waals surface area contributed by atoms with Gasteiger partial charge in [0.25, 0.3) is 11.8 Å². The van der Waals surface area contributed by atoms with Gasteiger partial charge in [0.15, 0.2) is 23.0 Å². The number of amides is 6. The van der Waals surface area contributed by atoms with Gasteiger partial charge in [0.05, 0.1) is 72.9 Å². The second-order valence-corrected chi connectivity index (χ2v) is 20.7. The van der Waals surface area contributed by atoms with Gasteiger partial charge in [-0.25, -0.2) is 0 Å². The van der Waals surface area contributed by atoms with E-state index in [-0.39, 0.29) is 78.2 Å². The number of anilines is 5. The minimum absolute atomic E-state index is 0.0310. The van der Waals surface area contributed by atoms with Crippen LogP contribution >= 0.6 is 22.6 Å². The largest absolute Gasteiger partial charge is 0.493 e. The van der Waals surface area contributed by atoms with Crippen LogP contribution in [0, 0.1) is 11.8 Å². The van der Waals surface area contributed by atoms with Crippen LogP contribution in [0.15, 0.2) is 91.0 Å². The number of rotatable bonds is 18. The lowest BCUT2D eigenvalue weighted by atomic mass is 9.80. The van der Waals surface area contributed by atoms with E-state index in [0.717, 1.165) is 28.9 Å². The molecule has 78 heavy (non-hydrogen) atoms. The fraction of sp³-hybridized carbons (Fsp3) is 0.351. The Morgan fingerprint density at radius 1 is 0.641 bits per heavy atom. The Balaban J connectivity index is 0.820. The third-order valence-corrected chi connectivity index (χ3v) is 15.7. The zero-order valence-electron chi connectivity index (χ0n) is 42.9. The number of halogens is 1. The number of ether oxygens (including phenoxy) is 4. The molecule has 0 radical (unpaired) electrons. The van der Waals surface area contributed by atoms with Crippen LogP contribution in [0.25, 0.3) is 0 Å². The summed E-state index contributed by atoms with van der Waals surface area (Å²) in [5.74, 6) is -1.46. The van der Waals surface area contributed by atoms with Gasteiger partial charge >= 0.3 is 0 Å². The molecule has 21 heteroatoms. The summed E-state index contributed by atoms with van der Waals surface area (Å²) < 4.78 is 24.7. The predicted octanol–water partition coefficient (Wildman–Crippen LogP) is 5.27. The number of methoxy groups -OCH3 is 2. The highest BCUT2D eigenvalue weighted by Gasteiger charge is 2.43. The maximum absolute atomic E-state index is 14.1. The van der Waals surface area contributed by atoms with Gasteiger partial charge in [0.2, 0.25) is 23.6 Å². The first-order chi connectivity index (χ1) is 37.8. The van der Waals surface area contributed by atoms with Crippen LogP contribution in [0.1, 0.15) is 68.7 Å². The maximum Gasteiger partial charge on any atom is 0.260 e. The Morgan fingerprint density at radius 2 is 1.18 bits per heavy atom. The molecular formula is C57H59IN8O12. The number of hydrogen-bond acceptors (Lipinski definition) is 14. The Labute approximate surface area is 463 Å². The summed E-state index contributed by atoms with van der Waals surface area (Å²) in [5.41, 5.74) is 6.83. The Hall–Kier alpha value is -7.92. The molecule has 0 bridgehead atoms. The van der Waals surface area contributed by atoms with Gasteiger partial charge in [-0.15, -0.1) is 0 Å². The first kappa shape index (κ1) is 53.5. The molecule has 5 aliphatic rings. The van der Waals surface area contributed by atoms with E-state index in [2.05, 4.69) is 54.5 Å². The standard InChI is InChI=1S/C57H59IN8O12/c1-75-47-20-39-41(59-25-38-18-35-7-3-5-9-43(35)65(38)56(39)73)22-49(47)77-29-31-15-32(30-78-50-23-42-40(21-48(50)76-2)57(74)66-44-10-6-4-8-36(44)19-45(66)55(72)64-42)17-37(16-31)63-53(70)28-61-51(68)26-60-52(69)27-62-54(71)34-13-11-33(12-14-34)46(67)24-58/h3-10,15-17,20-23,33-34,38,45,55,59,64,72H,11-14,18-19,24-30H2,1-2H3,(H,60,69)(H,61,68)(H,62,71)(H,63,70)/t33?,34?,38-,45-,55?/m0/s1. The first-order valence-corrected chi connectivity index (χ1v) is 27.3. The van der Waals surface area contributed by atoms with Crippen LogP contribution in [0.3, 0.4) is 0 Å². The molecular weight excluding hydrogens is 1120 g/mol. The van der Waals surface area contributed by atoms with Gasteiger partial charge < -0.3 is 65.8 Å². The lowest BCUT2D eigenvalue weighted by molar-refractivity contribution is -0.131. The van der Waals surface area contributed by atoms with Gasteiger partial charge in [0.1, 0.15) is 25.2 Å². The molecule has 0 aromatic heterocycles. The molecule has 5 aromatic carbocycles. The fourth-order valence-corrected chi connectivity index (χ4v) is 11.6. The molecule has 0 spiro atoms. The summed E-state index contributed by atoms with van der Waals surface area (Å²) in [6.07, 6.45) is 2.49. The highest BCUT2D eigenvalue weighted by Crippen LogP contribution is 2.43. The smallest absolute Gasteiger partial charge is 0.260 e. The minimum atomic E-state index is -1.10. The number of para-hydroxylation sites is 2. The van der Waals surface area contributed by atoms with E-state index in [0.29, 0.717) is 88.3 Å². The monoisotopic (exact) mass is 1170 g/mol. The number of ketones is 1. The van der Waals surface area contributed by atoms with E-state index in [1.54, 1.807) is 41.3 Å². The van der Waals surface area contributed by atoms with Gasteiger partial charge in [-0.2, -0.15) is 0 Å². The van der Waals surface area contributed by atoms with Crippen molar-refractivity contribution in [3.05, 3.63) is 124 Å². The van der Waals surface area contributed by atoms with Crippen molar-refractivity contribution in [1.29, 1.82) is 0 Å². The second-order valence-electron chi connectivity index (χ2n) is 19.9. The normalized spacial score (nSPS) is 19.6. The van der Waals surface area contributed by atoms with Crippen LogP contribution in [0.5, 0.6) is 23.0 Å². The zero-order chi connectivity index (χ0) is 54.6. The molecule has 3 atom stereocenters. The van der Waals surface area contributed by atoms with Crippen molar-refractivity contribution in [2.45, 2.75) is 70.1 Å². The van der Waals surface area contributed by atoms with Crippen LogP contribution in [0.2, 0.25) is 0 Å². The average molecular weight is 1180 g/mol. The number of fused-ring (bicyclic) bond motifs is 8. The quantitative estimate of drug-likeness (QED) is 0.0436. The molecule has 4 heterocycles. The van der Waals surface area contributed by atoms with Crippen molar-refractivity contribution in [3.8, 4) is 23.0 Å². The van der Waals surface area contributed by atoms with Crippen LogP contribution < -0.4 is 60.6 Å². The van der Waals surface area contributed by atoms with Crippen molar-refractivity contribution in [2.75, 3.05) is 70.6 Å². The topological polar surface area (TPSA) is 255 Å². The van der Waals surface area contributed by atoms with Gasteiger partial charge in [-0.05, 0) is 103 Å². The van der Waals surface area contributed by atoms with E-state index in [4.69, 9.17) is 18.9 Å². The number of benzene rings is 5. The number of aliphatic hydroxyl groups excluding tert-OH is 1. The van der Waals surface area contributed by atoms with Gasteiger partial charge in [-0.3, -0.25) is 33.6 Å². The highest BCUT2D eigenvalue weighted by atomic mass is 127. The lowest BCUT2D eigenvalue weighted by Gasteiger charge is -2.26. The Morgan fingerprint density at radius 3 is 1.81 bits per heavy atom. The second kappa shape index (κ2) is 23.4. The molecule has 20 nitrogen and oxygen atoms in total. The molecule has 7 N–H and O–H groups in total. The SMILES string of the molecule is COc1cc2c(cc1OCc1cc(COc3cc4c(cc3OC)C(=O)N3c5ccccc5C[C@H]3C(O)N4)cc(NC(=O)CNC(=O)CNC(=O)CNC(=O)C3CCC(C(=O)CI)CC3)c1)NC[C@@H]1Cc3ccccc3N1C2=O. The molecule has 406 valence electrons. The summed E-state index contributed by atoms with van der Waals surface area (Å²) in [5, 5.41) is 28.3. The third-order valence-electron chi connectivity index (χ3n) is 14.9. The van der Waals surface area contributed by atoms with Crippen molar-refractivity contribution < 1.29 is 57.6 Å². The van der Waals surface area contributed by atoms with Crippen molar-refractivity contribution in [1.82, 2.24) is 16.0 Å². The number of nitrogens with zero attached hydrogens (tertiary/aromatic N) is 2. The lowest BCUT2D eigenvalue weighted by Crippen LogP contribution is -2.45. The highest BCUT2D eigenvalue weighted by molar-refractivity contribution is 14.1. The number of carbonyl (C=O) groups is 7. The number of hydrogen-bond donors (Lipinski definition) is 7. The summed E-state index contributed by atoms with van der Waals surface area (Å²) in [6, 6.07) is 26.6. The van der Waals surface area contributed by atoms with Crippen molar-refractivity contribution in [2.24, 2.45) is 11.8 Å². The number of Topliss-reactive ketones (excluding diaryl/α,β-unsaturated/α-hetero) is 1. The molecule has 5 aromatic rings. The maximum atomic E-state index is 14.1. The number of carbonyl (C=O) groups excluding carboxylic acids is 7. The van der Waals surface area contributed by atoms with Crippen LogP contribution in [0.4, 0.5) is 28.4 Å². The van der Waals surface area contributed by atoms with Gasteiger partial charge in [0, 0.05) is 47.6 Å². The molecule has 4 aliphatic heterocycles. The molecule has 1 fully saturated rings. The molecule has 0 saturated heterocycles. The summed E-state index contributed by atoms with van der Waals surface area (Å²) >= 11 is 2.05. The van der Waals surface area contributed by atoms with E-state index in [1.165, 1.54) is 14.2 Å². The molecule has 1 aliphatic carbocycles. The average Bonchev–Trinajstić information content (AvgIpc) is 4.12. The fourth-order valence-electron chi connectivity index (χ4n) is 11.0. The first-order valence-electron chi connectivity index (χ1n) is 25.8. The van der Waals surface area contributed by atoms with Crippen LogP contribution in [-0.2, 0) is 50.0 Å². The summed E-state index contributed by atoms with van der Waals surface area (Å²) in [4.78, 5) is 95.2. The van der Waals surface area contributed by atoms with Crippen molar-refractivity contribution >= 4 is 92.3 Å². The molecule has 10 rings (SSSR count). The number of aliphatic hydroxyl groups is 1. The third kappa shape index (κ3) is 11.4. The minimum Gasteiger partial charge on any atom is -0.493 e. The van der Waals surface area contributed by atoms with E-state index in [1.807, 2.05) is 59.5 Å². The number of alkyl halides is 1. The van der Waals surface area contributed by atoms with E-state index >= 15 is 0 Å². The summed E-state index contributed by atoms with van der Waals surface area (Å²) in [6.45, 7) is -0.812. The Kier molecular flexibility index (Phi) is 16.0. The van der Waals surface area contributed by atoms with Crippen LogP contribution in [-0.4, -0.2) is 109 Å². The summed E-state index contributed by atoms with van der Waals surface area (Å²) in [7, 11) is 2.95. The zero-order valence-corrected chi connectivity index (χ0v) is 45.1.